The van der Waals surface area contributed by atoms with Crippen molar-refractivity contribution in [3.63, 3.8) is 0 Å². The Morgan fingerprint density at radius 1 is 1.38 bits per heavy atom. The summed E-state index contributed by atoms with van der Waals surface area (Å²) in [6.07, 6.45) is 5.21. The van der Waals surface area contributed by atoms with Crippen LogP contribution in [0.1, 0.15) is 12.8 Å². The summed E-state index contributed by atoms with van der Waals surface area (Å²) < 4.78 is 24.2. The van der Waals surface area contributed by atoms with Crippen LogP contribution in [-0.4, -0.2) is 43.0 Å². The summed E-state index contributed by atoms with van der Waals surface area (Å²) in [7, 11) is -3.60. The summed E-state index contributed by atoms with van der Waals surface area (Å²) in [6, 6.07) is 1.97. The maximum atomic E-state index is 10.9. The molecule has 4 N–H and O–H groups in total. The third kappa shape index (κ3) is 3.31. The van der Waals surface area contributed by atoms with E-state index in [1.165, 1.54) is 0 Å². The van der Waals surface area contributed by atoms with Crippen molar-refractivity contribution < 1.29 is 8.42 Å². The summed E-state index contributed by atoms with van der Waals surface area (Å²) in [5.41, 5.74) is 0.831. The molecule has 0 unspecified atom stereocenters. The van der Waals surface area contributed by atoms with Crippen molar-refractivity contribution in [2.45, 2.75) is 12.8 Å². The van der Waals surface area contributed by atoms with Gasteiger partial charge in [0.25, 0.3) is 10.2 Å². The van der Waals surface area contributed by atoms with Gasteiger partial charge in [0.2, 0.25) is 0 Å². The van der Waals surface area contributed by atoms with Crippen molar-refractivity contribution in [3.8, 4) is 0 Å². The first-order valence-corrected chi connectivity index (χ1v) is 8.38. The number of H-pyrrole nitrogens is 1. The molecule has 3 rings (SSSR count). The molecule has 0 saturated carbocycles. The number of aromatic amines is 1. The first-order valence-electron chi connectivity index (χ1n) is 6.83. The number of fused-ring (bicyclic) bond motifs is 1. The number of nitrogens with zero attached hydrogens (tertiary/aromatic N) is 3. The smallest absolute Gasteiger partial charge is 0.274 e. The molecule has 0 bridgehead atoms. The summed E-state index contributed by atoms with van der Waals surface area (Å²) in [4.78, 5) is 13.9. The number of hydrogen-bond acceptors (Lipinski definition) is 5. The minimum atomic E-state index is -3.60. The molecule has 1 aliphatic rings. The van der Waals surface area contributed by atoms with Crippen LogP contribution in [0.15, 0.2) is 18.6 Å². The van der Waals surface area contributed by atoms with Gasteiger partial charge in [0.1, 0.15) is 17.8 Å². The average Bonchev–Trinajstić information content (AvgIpc) is 2.93. The van der Waals surface area contributed by atoms with Crippen LogP contribution in [0.2, 0.25) is 0 Å². The molecule has 3 heterocycles. The molecule has 114 valence electrons. The van der Waals surface area contributed by atoms with Crippen molar-refractivity contribution >= 4 is 27.1 Å². The van der Waals surface area contributed by atoms with E-state index in [1.807, 2.05) is 12.3 Å². The van der Waals surface area contributed by atoms with Crippen molar-refractivity contribution in [1.82, 2.24) is 19.7 Å². The standard InChI is InChI=1S/C12H18N6O2S/c13-21(19,20)17-7-9-2-5-18(6-3-9)12-10-1-4-14-11(10)15-8-16-12/h1,4,8-9,17H,2-3,5-7H2,(H2,13,19,20)(H,14,15,16). The van der Waals surface area contributed by atoms with Crippen LogP contribution in [0.25, 0.3) is 11.0 Å². The highest BCUT2D eigenvalue weighted by Crippen LogP contribution is 2.26. The number of piperidine rings is 1. The first-order chi connectivity index (χ1) is 10.0. The van der Waals surface area contributed by atoms with E-state index in [0.29, 0.717) is 12.5 Å². The normalized spacial score (nSPS) is 17.5. The van der Waals surface area contributed by atoms with Crippen LogP contribution in [0.4, 0.5) is 5.82 Å². The molecule has 1 saturated heterocycles. The van der Waals surface area contributed by atoms with E-state index in [4.69, 9.17) is 5.14 Å². The van der Waals surface area contributed by atoms with Crippen LogP contribution in [0.5, 0.6) is 0 Å². The lowest BCUT2D eigenvalue weighted by molar-refractivity contribution is 0.401. The van der Waals surface area contributed by atoms with Gasteiger partial charge in [-0.1, -0.05) is 0 Å². The van der Waals surface area contributed by atoms with Gasteiger partial charge in [-0.3, -0.25) is 0 Å². The number of hydrogen-bond donors (Lipinski definition) is 3. The predicted octanol–water partition coefficient (Wildman–Crippen LogP) is -0.0326. The molecule has 0 atom stereocenters. The monoisotopic (exact) mass is 310 g/mol. The van der Waals surface area contributed by atoms with Gasteiger partial charge in [-0.15, -0.1) is 0 Å². The molecule has 0 aliphatic carbocycles. The second kappa shape index (κ2) is 5.58. The Balaban J connectivity index is 1.65. The van der Waals surface area contributed by atoms with Gasteiger partial charge in [0.05, 0.1) is 5.39 Å². The molecule has 2 aromatic rings. The first kappa shape index (κ1) is 14.2. The zero-order chi connectivity index (χ0) is 14.9. The van der Waals surface area contributed by atoms with Crippen LogP contribution in [0.3, 0.4) is 0 Å². The molecule has 9 heteroatoms. The van der Waals surface area contributed by atoms with Crippen LogP contribution >= 0.6 is 0 Å². The molecule has 0 amide bonds. The quantitative estimate of drug-likeness (QED) is 0.733. The van der Waals surface area contributed by atoms with Gasteiger partial charge in [-0.25, -0.2) is 19.8 Å². The minimum absolute atomic E-state index is 0.308. The molecule has 2 aromatic heterocycles. The largest absolute Gasteiger partial charge is 0.356 e. The molecule has 21 heavy (non-hydrogen) atoms. The van der Waals surface area contributed by atoms with Crippen molar-refractivity contribution in [2.75, 3.05) is 24.5 Å². The van der Waals surface area contributed by atoms with E-state index in [9.17, 15) is 8.42 Å². The summed E-state index contributed by atoms with van der Waals surface area (Å²) >= 11 is 0. The zero-order valence-corrected chi connectivity index (χ0v) is 12.3. The number of aromatic nitrogens is 3. The van der Waals surface area contributed by atoms with Gasteiger partial charge in [0, 0.05) is 25.8 Å². The minimum Gasteiger partial charge on any atom is -0.356 e. The fraction of sp³-hybridized carbons (Fsp3) is 0.500. The van der Waals surface area contributed by atoms with E-state index in [1.54, 1.807) is 6.33 Å². The van der Waals surface area contributed by atoms with Gasteiger partial charge in [0.15, 0.2) is 0 Å². The number of rotatable bonds is 4. The average molecular weight is 310 g/mol. The van der Waals surface area contributed by atoms with Crippen LogP contribution in [-0.2, 0) is 10.2 Å². The van der Waals surface area contributed by atoms with E-state index in [-0.39, 0.29) is 0 Å². The Labute approximate surface area is 122 Å². The third-order valence-electron chi connectivity index (χ3n) is 3.82. The summed E-state index contributed by atoms with van der Waals surface area (Å²) in [5.74, 6) is 1.24. The second-order valence-corrected chi connectivity index (χ2v) is 6.64. The molecular formula is C12H18N6O2S. The van der Waals surface area contributed by atoms with Gasteiger partial charge < -0.3 is 9.88 Å². The van der Waals surface area contributed by atoms with E-state index in [2.05, 4.69) is 24.6 Å². The Morgan fingerprint density at radius 3 is 2.86 bits per heavy atom. The Kier molecular flexibility index (Phi) is 3.79. The molecule has 8 nitrogen and oxygen atoms in total. The summed E-state index contributed by atoms with van der Waals surface area (Å²) in [5, 5.41) is 5.96. The predicted molar refractivity (Wildman–Crippen MR) is 79.9 cm³/mol. The Bertz CT molecular complexity index is 720. The van der Waals surface area contributed by atoms with Crippen molar-refractivity contribution in [1.29, 1.82) is 0 Å². The van der Waals surface area contributed by atoms with Gasteiger partial charge in [-0.05, 0) is 24.8 Å². The highest BCUT2D eigenvalue weighted by atomic mass is 32.2. The Hall–Kier alpha value is -1.71. The van der Waals surface area contributed by atoms with Crippen LogP contribution < -0.4 is 14.8 Å². The third-order valence-corrected chi connectivity index (χ3v) is 4.39. The second-order valence-electron chi connectivity index (χ2n) is 5.26. The van der Waals surface area contributed by atoms with Crippen molar-refractivity contribution in [2.24, 2.45) is 11.1 Å². The fourth-order valence-corrected chi connectivity index (χ4v) is 3.16. The lowest BCUT2D eigenvalue weighted by Gasteiger charge is -2.32. The molecule has 1 fully saturated rings. The van der Waals surface area contributed by atoms with E-state index in [0.717, 1.165) is 42.8 Å². The van der Waals surface area contributed by atoms with E-state index < -0.39 is 10.2 Å². The lowest BCUT2D eigenvalue weighted by atomic mass is 9.97. The molecular weight excluding hydrogens is 292 g/mol. The topological polar surface area (TPSA) is 117 Å². The van der Waals surface area contributed by atoms with Gasteiger partial charge in [-0.2, -0.15) is 8.42 Å². The maximum Gasteiger partial charge on any atom is 0.274 e. The highest BCUT2D eigenvalue weighted by molar-refractivity contribution is 7.87. The molecule has 1 aliphatic heterocycles. The Morgan fingerprint density at radius 2 is 2.14 bits per heavy atom. The number of anilines is 1. The summed E-state index contributed by atoms with van der Waals surface area (Å²) in [6.45, 7) is 2.08. The molecule has 0 spiro atoms. The fourth-order valence-electron chi connectivity index (χ4n) is 2.69. The maximum absolute atomic E-state index is 10.9. The highest BCUT2D eigenvalue weighted by Gasteiger charge is 2.22. The molecule has 0 radical (unpaired) electrons. The molecule has 0 aromatic carbocycles. The van der Waals surface area contributed by atoms with Gasteiger partial charge >= 0.3 is 0 Å². The number of nitrogens with one attached hydrogen (secondary N) is 2. The van der Waals surface area contributed by atoms with Crippen LogP contribution in [0, 0.1) is 5.92 Å². The van der Waals surface area contributed by atoms with E-state index >= 15 is 0 Å². The SMILES string of the molecule is NS(=O)(=O)NCC1CCN(c2ncnc3[nH]ccc23)CC1. The zero-order valence-electron chi connectivity index (χ0n) is 11.5. The lowest BCUT2D eigenvalue weighted by Crippen LogP contribution is -2.40. The van der Waals surface area contributed by atoms with Crippen molar-refractivity contribution in [3.05, 3.63) is 18.6 Å². The number of nitrogens with two attached hydrogens (primary N) is 1.